The molecule has 1 amide bonds. The van der Waals surface area contributed by atoms with Gasteiger partial charge in [0, 0.05) is 41.9 Å². The zero-order chi connectivity index (χ0) is 17.6. The summed E-state index contributed by atoms with van der Waals surface area (Å²) in [5.41, 5.74) is 1.38. The average molecular weight is 335 g/mol. The van der Waals surface area contributed by atoms with Crippen LogP contribution < -0.4 is 10.6 Å². The van der Waals surface area contributed by atoms with Crippen LogP contribution in [0, 0.1) is 10.1 Å². The highest BCUT2D eigenvalue weighted by Crippen LogP contribution is 2.22. The van der Waals surface area contributed by atoms with Crippen molar-refractivity contribution in [1.82, 2.24) is 5.32 Å². The number of amides is 1. The first-order valence-electron chi connectivity index (χ1n) is 7.89. The molecule has 0 radical (unpaired) electrons. The number of fused-ring (bicyclic) bond motifs is 1. The zero-order valence-electron chi connectivity index (χ0n) is 13.4. The summed E-state index contributed by atoms with van der Waals surface area (Å²) in [6.07, 6.45) is 0. The van der Waals surface area contributed by atoms with Gasteiger partial charge in [0.1, 0.15) is 0 Å². The molecule has 0 saturated heterocycles. The van der Waals surface area contributed by atoms with Gasteiger partial charge in [-0.2, -0.15) is 0 Å². The minimum Gasteiger partial charge on any atom is -0.383 e. The summed E-state index contributed by atoms with van der Waals surface area (Å²) in [5, 5.41) is 19.0. The third kappa shape index (κ3) is 3.92. The molecule has 0 aromatic heterocycles. The van der Waals surface area contributed by atoms with E-state index in [2.05, 4.69) is 22.8 Å². The molecule has 0 saturated carbocycles. The second-order valence-electron chi connectivity index (χ2n) is 5.51. The van der Waals surface area contributed by atoms with Crippen LogP contribution in [-0.2, 0) is 0 Å². The molecular weight excluding hydrogens is 318 g/mol. The lowest BCUT2D eigenvalue weighted by molar-refractivity contribution is -0.384. The molecule has 3 aromatic rings. The standard InChI is InChI=1S/C19H17N3O3/c23-19(15-8-10-16(11-9-15)22(24)25)21-13-12-20-18-7-3-5-14-4-1-2-6-17(14)18/h1-11,20H,12-13H2,(H,21,23). The fourth-order valence-electron chi connectivity index (χ4n) is 2.59. The molecule has 0 heterocycles. The van der Waals surface area contributed by atoms with Crippen LogP contribution in [0.2, 0.25) is 0 Å². The van der Waals surface area contributed by atoms with Gasteiger partial charge in [0.05, 0.1) is 4.92 Å². The predicted octanol–water partition coefficient (Wildman–Crippen LogP) is 3.59. The van der Waals surface area contributed by atoms with Crippen molar-refractivity contribution in [3.63, 3.8) is 0 Å². The van der Waals surface area contributed by atoms with Crippen LogP contribution in [0.3, 0.4) is 0 Å². The number of nitro groups is 1. The Morgan fingerprint density at radius 3 is 2.40 bits per heavy atom. The summed E-state index contributed by atoms with van der Waals surface area (Å²) >= 11 is 0. The Kier molecular flexibility index (Phi) is 4.89. The van der Waals surface area contributed by atoms with E-state index in [0.29, 0.717) is 18.7 Å². The van der Waals surface area contributed by atoms with Crippen molar-refractivity contribution in [2.75, 3.05) is 18.4 Å². The molecule has 0 atom stereocenters. The number of nitrogens with one attached hydrogen (secondary N) is 2. The summed E-state index contributed by atoms with van der Waals surface area (Å²) in [7, 11) is 0. The summed E-state index contributed by atoms with van der Waals surface area (Å²) in [4.78, 5) is 22.2. The summed E-state index contributed by atoms with van der Waals surface area (Å²) in [5.74, 6) is -0.255. The van der Waals surface area contributed by atoms with Crippen LogP contribution in [0.1, 0.15) is 10.4 Å². The Morgan fingerprint density at radius 2 is 1.64 bits per heavy atom. The monoisotopic (exact) mass is 335 g/mol. The van der Waals surface area contributed by atoms with Gasteiger partial charge in [-0.1, -0.05) is 36.4 Å². The molecule has 3 aromatic carbocycles. The number of nitrogens with zero attached hydrogens (tertiary/aromatic N) is 1. The maximum absolute atomic E-state index is 12.0. The van der Waals surface area contributed by atoms with Crippen LogP contribution in [0.4, 0.5) is 11.4 Å². The van der Waals surface area contributed by atoms with Crippen molar-refractivity contribution in [2.45, 2.75) is 0 Å². The number of carbonyl (C=O) groups excluding carboxylic acids is 1. The molecule has 6 heteroatoms. The molecule has 0 unspecified atom stereocenters. The van der Waals surface area contributed by atoms with E-state index in [-0.39, 0.29) is 11.6 Å². The number of nitro benzene ring substituents is 1. The van der Waals surface area contributed by atoms with E-state index in [0.717, 1.165) is 16.5 Å². The maximum atomic E-state index is 12.0. The summed E-state index contributed by atoms with van der Waals surface area (Å²) < 4.78 is 0. The van der Waals surface area contributed by atoms with Crippen molar-refractivity contribution in [3.05, 3.63) is 82.4 Å². The largest absolute Gasteiger partial charge is 0.383 e. The number of hydrogen-bond acceptors (Lipinski definition) is 4. The van der Waals surface area contributed by atoms with Gasteiger partial charge in [-0.25, -0.2) is 0 Å². The van der Waals surface area contributed by atoms with Gasteiger partial charge >= 0.3 is 0 Å². The van der Waals surface area contributed by atoms with Gasteiger partial charge in [-0.05, 0) is 23.6 Å². The maximum Gasteiger partial charge on any atom is 0.269 e. The van der Waals surface area contributed by atoms with Crippen molar-refractivity contribution in [1.29, 1.82) is 0 Å². The Hall–Kier alpha value is -3.41. The molecule has 126 valence electrons. The number of rotatable bonds is 6. The van der Waals surface area contributed by atoms with Crippen LogP contribution in [0.5, 0.6) is 0 Å². The van der Waals surface area contributed by atoms with Crippen molar-refractivity contribution in [3.8, 4) is 0 Å². The molecule has 0 fully saturated rings. The number of hydrogen-bond donors (Lipinski definition) is 2. The van der Waals surface area contributed by atoms with Crippen LogP contribution in [-0.4, -0.2) is 23.9 Å². The zero-order valence-corrected chi connectivity index (χ0v) is 13.4. The SMILES string of the molecule is O=C(NCCNc1cccc2ccccc12)c1ccc([N+](=O)[O-])cc1. The lowest BCUT2D eigenvalue weighted by atomic mass is 10.1. The van der Waals surface area contributed by atoms with Gasteiger partial charge in [-0.3, -0.25) is 14.9 Å². The van der Waals surface area contributed by atoms with Crippen molar-refractivity contribution in [2.24, 2.45) is 0 Å². The highest BCUT2D eigenvalue weighted by Gasteiger charge is 2.08. The first-order chi connectivity index (χ1) is 12.1. The number of benzene rings is 3. The first-order valence-corrected chi connectivity index (χ1v) is 7.89. The topological polar surface area (TPSA) is 84.3 Å². The predicted molar refractivity (Wildman–Crippen MR) is 97.9 cm³/mol. The minimum absolute atomic E-state index is 0.0332. The smallest absolute Gasteiger partial charge is 0.269 e. The van der Waals surface area contributed by atoms with E-state index in [1.165, 1.54) is 24.3 Å². The van der Waals surface area contributed by atoms with Crippen molar-refractivity contribution >= 4 is 28.1 Å². The molecule has 0 aliphatic rings. The first kappa shape index (κ1) is 16.4. The Labute approximate surface area is 144 Å². The second-order valence-corrected chi connectivity index (χ2v) is 5.51. The molecule has 3 rings (SSSR count). The molecule has 0 spiro atoms. The Morgan fingerprint density at radius 1 is 0.920 bits per heavy atom. The molecule has 0 aliphatic heterocycles. The Balaban J connectivity index is 1.54. The summed E-state index contributed by atoms with van der Waals surface area (Å²) in [6.45, 7) is 1.02. The second kappa shape index (κ2) is 7.44. The van der Waals surface area contributed by atoms with Gasteiger partial charge < -0.3 is 10.6 Å². The van der Waals surface area contributed by atoms with Gasteiger partial charge in [0.25, 0.3) is 11.6 Å². The molecule has 0 bridgehead atoms. The quantitative estimate of drug-likeness (QED) is 0.409. The fraction of sp³-hybridized carbons (Fsp3) is 0.105. The van der Waals surface area contributed by atoms with E-state index >= 15 is 0 Å². The van der Waals surface area contributed by atoms with E-state index in [1.54, 1.807) is 0 Å². The molecular formula is C19H17N3O3. The molecule has 25 heavy (non-hydrogen) atoms. The fourth-order valence-corrected chi connectivity index (χ4v) is 2.59. The van der Waals surface area contributed by atoms with Crippen molar-refractivity contribution < 1.29 is 9.72 Å². The van der Waals surface area contributed by atoms with E-state index < -0.39 is 4.92 Å². The van der Waals surface area contributed by atoms with Gasteiger partial charge in [0.15, 0.2) is 0 Å². The average Bonchev–Trinajstić information content (AvgIpc) is 2.65. The number of carbonyl (C=O) groups is 1. The highest BCUT2D eigenvalue weighted by molar-refractivity contribution is 5.95. The normalized spacial score (nSPS) is 10.4. The molecule has 2 N–H and O–H groups in total. The van der Waals surface area contributed by atoms with Crippen LogP contribution in [0.15, 0.2) is 66.7 Å². The van der Waals surface area contributed by atoms with Crippen LogP contribution >= 0.6 is 0 Å². The highest BCUT2D eigenvalue weighted by atomic mass is 16.6. The van der Waals surface area contributed by atoms with E-state index in [1.807, 2.05) is 30.3 Å². The van der Waals surface area contributed by atoms with E-state index in [9.17, 15) is 14.9 Å². The molecule has 6 nitrogen and oxygen atoms in total. The van der Waals surface area contributed by atoms with Gasteiger partial charge in [-0.15, -0.1) is 0 Å². The minimum atomic E-state index is -0.490. The Bertz CT molecular complexity index is 902. The lowest BCUT2D eigenvalue weighted by Gasteiger charge is -2.10. The van der Waals surface area contributed by atoms with E-state index in [4.69, 9.17) is 0 Å². The third-order valence-electron chi connectivity index (χ3n) is 3.86. The number of anilines is 1. The lowest BCUT2D eigenvalue weighted by Crippen LogP contribution is -2.28. The number of non-ortho nitro benzene ring substituents is 1. The van der Waals surface area contributed by atoms with Crippen LogP contribution in [0.25, 0.3) is 10.8 Å². The molecule has 0 aliphatic carbocycles. The van der Waals surface area contributed by atoms with Gasteiger partial charge in [0.2, 0.25) is 0 Å². The summed E-state index contributed by atoms with van der Waals surface area (Å²) in [6, 6.07) is 19.7. The third-order valence-corrected chi connectivity index (χ3v) is 3.86.